The molecule has 1 heterocycles. The minimum absolute atomic E-state index is 0. The van der Waals surface area contributed by atoms with E-state index < -0.39 is 4.92 Å². The van der Waals surface area contributed by atoms with E-state index in [4.69, 9.17) is 11.6 Å². The number of pyridine rings is 1. The van der Waals surface area contributed by atoms with Gasteiger partial charge in [-0.25, -0.2) is 0 Å². The van der Waals surface area contributed by atoms with E-state index in [9.17, 15) is 10.1 Å². The van der Waals surface area contributed by atoms with E-state index in [1.807, 2.05) is 24.3 Å². The first kappa shape index (κ1) is 24.9. The van der Waals surface area contributed by atoms with Gasteiger partial charge in [-0.3, -0.25) is 15.1 Å². The Hall–Kier alpha value is -2.12. The van der Waals surface area contributed by atoms with Crippen LogP contribution in [0.3, 0.4) is 0 Å². The van der Waals surface area contributed by atoms with Crippen molar-refractivity contribution in [1.29, 1.82) is 0 Å². The second-order valence-corrected chi connectivity index (χ2v) is 7.47. The lowest BCUT2D eigenvalue weighted by Crippen LogP contribution is -2.44. The second kappa shape index (κ2) is 10.6. The highest BCUT2D eigenvalue weighted by Crippen LogP contribution is 2.24. The van der Waals surface area contributed by atoms with Crippen LogP contribution in [0.2, 0.25) is 5.02 Å². The van der Waals surface area contributed by atoms with E-state index in [0.29, 0.717) is 18.1 Å². The van der Waals surface area contributed by atoms with Crippen molar-refractivity contribution in [2.75, 3.05) is 11.9 Å². The molecule has 0 radical (unpaired) electrons. The molecule has 0 amide bonds. The molecular formula is C20H23Cl3N4O2. The van der Waals surface area contributed by atoms with Crippen molar-refractivity contribution < 1.29 is 4.92 Å². The maximum Gasteiger partial charge on any atom is 0.269 e. The van der Waals surface area contributed by atoms with Crippen LogP contribution < -0.4 is 10.6 Å². The molecule has 9 heteroatoms. The summed E-state index contributed by atoms with van der Waals surface area (Å²) in [6.07, 6.45) is 1.76. The van der Waals surface area contributed by atoms with Gasteiger partial charge in [0.1, 0.15) is 0 Å². The van der Waals surface area contributed by atoms with Crippen LogP contribution in [0.1, 0.15) is 19.4 Å². The molecule has 0 atom stereocenters. The van der Waals surface area contributed by atoms with Gasteiger partial charge in [0.05, 0.1) is 10.4 Å². The Morgan fingerprint density at radius 3 is 2.45 bits per heavy atom. The lowest BCUT2D eigenvalue weighted by molar-refractivity contribution is -0.384. The topological polar surface area (TPSA) is 80.1 Å². The molecule has 3 rings (SSSR count). The van der Waals surface area contributed by atoms with E-state index in [2.05, 4.69) is 29.5 Å². The number of benzene rings is 2. The lowest BCUT2D eigenvalue weighted by Gasteiger charge is -2.27. The number of nitrogens with zero attached hydrogens (tertiary/aromatic N) is 2. The number of nitrogens with one attached hydrogen (secondary N) is 2. The molecule has 6 nitrogen and oxygen atoms in total. The molecule has 1 aromatic heterocycles. The molecular weight excluding hydrogens is 435 g/mol. The van der Waals surface area contributed by atoms with Gasteiger partial charge >= 0.3 is 0 Å². The van der Waals surface area contributed by atoms with E-state index in [1.165, 1.54) is 12.1 Å². The molecule has 156 valence electrons. The summed E-state index contributed by atoms with van der Waals surface area (Å²) >= 11 is 6.04. The number of nitro groups is 1. The fourth-order valence-corrected chi connectivity index (χ4v) is 2.90. The fraction of sp³-hybridized carbons (Fsp3) is 0.250. The van der Waals surface area contributed by atoms with Crippen molar-refractivity contribution in [2.24, 2.45) is 0 Å². The monoisotopic (exact) mass is 456 g/mol. The third-order valence-electron chi connectivity index (χ3n) is 4.34. The summed E-state index contributed by atoms with van der Waals surface area (Å²) in [4.78, 5) is 14.7. The van der Waals surface area contributed by atoms with Gasteiger partial charge in [0.15, 0.2) is 0 Å². The summed E-state index contributed by atoms with van der Waals surface area (Å²) in [6.45, 7) is 5.53. The maximum absolute atomic E-state index is 10.7. The van der Waals surface area contributed by atoms with Gasteiger partial charge in [-0.2, -0.15) is 0 Å². The number of anilines is 1. The highest BCUT2D eigenvalue weighted by atomic mass is 35.5. The average Bonchev–Trinajstić information content (AvgIpc) is 2.65. The Balaban J connectivity index is 0.00000210. The largest absolute Gasteiger partial charge is 0.383 e. The number of halogens is 3. The quantitative estimate of drug-likeness (QED) is 0.355. The van der Waals surface area contributed by atoms with E-state index >= 15 is 0 Å². The van der Waals surface area contributed by atoms with E-state index in [-0.39, 0.29) is 36.0 Å². The minimum Gasteiger partial charge on any atom is -0.383 e. The first-order valence-corrected chi connectivity index (χ1v) is 8.98. The minimum atomic E-state index is -0.392. The van der Waals surface area contributed by atoms with E-state index in [0.717, 1.165) is 22.2 Å². The Kier molecular flexibility index (Phi) is 9.11. The Labute approximate surface area is 187 Å². The Morgan fingerprint density at radius 2 is 1.79 bits per heavy atom. The predicted molar refractivity (Wildman–Crippen MR) is 124 cm³/mol. The summed E-state index contributed by atoms with van der Waals surface area (Å²) in [5.41, 5.74) is 2.76. The number of rotatable bonds is 7. The van der Waals surface area contributed by atoms with Gasteiger partial charge in [-0.15, -0.1) is 24.8 Å². The van der Waals surface area contributed by atoms with Crippen LogP contribution in [0.4, 0.5) is 11.4 Å². The van der Waals surface area contributed by atoms with Crippen LogP contribution >= 0.6 is 36.4 Å². The van der Waals surface area contributed by atoms with Crippen molar-refractivity contribution >= 4 is 58.7 Å². The van der Waals surface area contributed by atoms with Crippen LogP contribution in [-0.2, 0) is 6.54 Å². The van der Waals surface area contributed by atoms with Crippen molar-refractivity contribution in [3.05, 3.63) is 75.4 Å². The number of aromatic nitrogens is 1. The zero-order chi connectivity index (χ0) is 19.4. The summed E-state index contributed by atoms with van der Waals surface area (Å²) in [5, 5.41) is 19.4. The molecule has 29 heavy (non-hydrogen) atoms. The molecule has 0 aliphatic rings. The number of hydrogen-bond donors (Lipinski definition) is 2. The molecule has 0 fully saturated rings. The normalized spacial score (nSPS) is 10.7. The molecule has 2 N–H and O–H groups in total. The lowest BCUT2D eigenvalue weighted by atomic mass is 10.0. The highest BCUT2D eigenvalue weighted by molar-refractivity contribution is 6.31. The van der Waals surface area contributed by atoms with Crippen molar-refractivity contribution in [3.63, 3.8) is 0 Å². The Bertz CT molecular complexity index is 966. The SMILES string of the molecule is CC(C)(CNc1ccnc2cc(Cl)ccc12)NCc1ccc([N+](=O)[O-])cc1.Cl.Cl. The number of hydrogen-bond acceptors (Lipinski definition) is 5. The molecule has 0 unspecified atom stereocenters. The second-order valence-electron chi connectivity index (χ2n) is 7.03. The summed E-state index contributed by atoms with van der Waals surface area (Å²) in [5.74, 6) is 0. The predicted octanol–water partition coefficient (Wildman–Crippen LogP) is 5.62. The van der Waals surface area contributed by atoms with Gasteiger partial charge in [-0.1, -0.05) is 23.7 Å². The molecule has 0 saturated heterocycles. The van der Waals surface area contributed by atoms with Crippen LogP contribution in [0.5, 0.6) is 0 Å². The van der Waals surface area contributed by atoms with Crippen LogP contribution in [0, 0.1) is 10.1 Å². The first-order valence-electron chi connectivity index (χ1n) is 8.61. The van der Waals surface area contributed by atoms with Crippen molar-refractivity contribution in [1.82, 2.24) is 10.3 Å². The van der Waals surface area contributed by atoms with Crippen LogP contribution in [0.15, 0.2) is 54.7 Å². The number of non-ortho nitro benzene ring substituents is 1. The van der Waals surface area contributed by atoms with Gasteiger partial charge in [-0.05, 0) is 43.7 Å². The molecule has 0 bridgehead atoms. The van der Waals surface area contributed by atoms with E-state index in [1.54, 1.807) is 18.3 Å². The maximum atomic E-state index is 10.7. The highest BCUT2D eigenvalue weighted by Gasteiger charge is 2.17. The first-order chi connectivity index (χ1) is 12.8. The van der Waals surface area contributed by atoms with Gasteiger partial charge in [0.2, 0.25) is 0 Å². The summed E-state index contributed by atoms with van der Waals surface area (Å²) in [7, 11) is 0. The van der Waals surface area contributed by atoms with Crippen molar-refractivity contribution in [3.8, 4) is 0 Å². The van der Waals surface area contributed by atoms with Crippen molar-refractivity contribution in [2.45, 2.75) is 25.9 Å². The molecule has 0 spiro atoms. The van der Waals surface area contributed by atoms with Gasteiger partial charge in [0.25, 0.3) is 5.69 Å². The fourth-order valence-electron chi connectivity index (χ4n) is 2.73. The number of nitro benzene ring substituents is 1. The van der Waals surface area contributed by atoms with Gasteiger partial charge < -0.3 is 10.6 Å². The molecule has 2 aromatic carbocycles. The summed E-state index contributed by atoms with van der Waals surface area (Å²) in [6, 6.07) is 14.2. The standard InChI is InChI=1S/C20H21ClN4O2.2ClH/c1-20(2,24-12-14-3-6-16(7-4-14)25(26)27)13-23-18-9-10-22-19-11-15(21)5-8-17(18)19;;/h3-11,24H,12-13H2,1-2H3,(H,22,23);2*1H. The smallest absolute Gasteiger partial charge is 0.269 e. The zero-order valence-corrected chi connectivity index (χ0v) is 18.4. The Morgan fingerprint density at radius 1 is 1.10 bits per heavy atom. The average molecular weight is 458 g/mol. The number of fused-ring (bicyclic) bond motifs is 1. The summed E-state index contributed by atoms with van der Waals surface area (Å²) < 4.78 is 0. The van der Waals surface area contributed by atoms with Crippen LogP contribution in [0.25, 0.3) is 10.9 Å². The third kappa shape index (κ3) is 6.72. The van der Waals surface area contributed by atoms with Crippen LogP contribution in [-0.4, -0.2) is 22.0 Å². The zero-order valence-electron chi connectivity index (χ0n) is 16.0. The molecule has 0 saturated carbocycles. The van der Waals surface area contributed by atoms with Gasteiger partial charge in [0, 0.05) is 53.1 Å². The molecule has 0 aliphatic heterocycles. The molecule has 0 aliphatic carbocycles. The third-order valence-corrected chi connectivity index (χ3v) is 4.58. The molecule has 3 aromatic rings.